The lowest BCUT2D eigenvalue weighted by molar-refractivity contribution is 0.586. The summed E-state index contributed by atoms with van der Waals surface area (Å²) in [5.74, 6) is 0.805. The van der Waals surface area contributed by atoms with Gasteiger partial charge in [0.25, 0.3) is 0 Å². The molecule has 0 aromatic carbocycles. The Bertz CT molecular complexity index is 198. The normalized spacial score (nSPS) is 17.1. The number of hydrogen-bond donors (Lipinski definition) is 0. The number of allylic oxidation sites excluding steroid dienone is 4. The van der Waals surface area contributed by atoms with Crippen molar-refractivity contribution < 1.29 is 0 Å². The summed E-state index contributed by atoms with van der Waals surface area (Å²) in [6.07, 6.45) is 12.6. The van der Waals surface area contributed by atoms with Gasteiger partial charge >= 0.3 is 0 Å². The minimum Gasteiger partial charge on any atom is -0.0653 e. The van der Waals surface area contributed by atoms with Crippen LogP contribution in [0.5, 0.6) is 0 Å². The van der Waals surface area contributed by atoms with E-state index in [0.717, 1.165) is 5.92 Å². The molecule has 1 rings (SSSR count). The first-order valence-corrected chi connectivity index (χ1v) is 6.22. The highest BCUT2D eigenvalue weighted by molar-refractivity contribution is 5.34. The molecule has 0 unspecified atom stereocenters. The first-order valence-electron chi connectivity index (χ1n) is 6.22. The highest BCUT2D eigenvalue weighted by atomic mass is 14.2. The molecule has 1 aliphatic rings. The van der Waals surface area contributed by atoms with E-state index in [1.165, 1.54) is 38.5 Å². The van der Waals surface area contributed by atoms with Gasteiger partial charge in [-0.3, -0.25) is 0 Å². The van der Waals surface area contributed by atoms with Gasteiger partial charge in [0.2, 0.25) is 0 Å². The number of hydrogen-bond acceptors (Lipinski definition) is 0. The van der Waals surface area contributed by atoms with E-state index < -0.39 is 0 Å². The molecule has 80 valence electrons. The Morgan fingerprint density at radius 2 is 1.36 bits per heavy atom. The first kappa shape index (κ1) is 11.6. The second-order valence-electron chi connectivity index (χ2n) is 4.32. The quantitative estimate of drug-likeness (QED) is 0.563. The van der Waals surface area contributed by atoms with Gasteiger partial charge in [0.05, 0.1) is 0 Å². The number of rotatable bonds is 6. The molecular formula is C14H24. The van der Waals surface area contributed by atoms with Crippen molar-refractivity contribution in [2.75, 3.05) is 0 Å². The Morgan fingerprint density at radius 3 is 1.71 bits per heavy atom. The van der Waals surface area contributed by atoms with Crippen LogP contribution in [0.2, 0.25) is 0 Å². The van der Waals surface area contributed by atoms with Crippen LogP contribution in [-0.2, 0) is 0 Å². The van der Waals surface area contributed by atoms with E-state index in [1.54, 1.807) is 11.1 Å². The zero-order chi connectivity index (χ0) is 10.4. The van der Waals surface area contributed by atoms with E-state index in [0.29, 0.717) is 0 Å². The van der Waals surface area contributed by atoms with Crippen molar-refractivity contribution in [1.29, 1.82) is 0 Å². The fourth-order valence-corrected chi connectivity index (χ4v) is 2.44. The van der Waals surface area contributed by atoms with Crippen LogP contribution in [0, 0.1) is 5.92 Å². The highest BCUT2D eigenvalue weighted by Gasteiger charge is 2.20. The Kier molecular flexibility index (Phi) is 5.00. The van der Waals surface area contributed by atoms with E-state index in [2.05, 4.69) is 32.9 Å². The average Bonchev–Trinajstić information content (AvgIpc) is 2.52. The summed E-state index contributed by atoms with van der Waals surface area (Å²) in [5, 5.41) is 0. The third kappa shape index (κ3) is 2.73. The smallest absolute Gasteiger partial charge is 0.00131 e. The van der Waals surface area contributed by atoms with Crippen molar-refractivity contribution >= 4 is 0 Å². The molecule has 0 saturated carbocycles. The fourth-order valence-electron chi connectivity index (χ4n) is 2.44. The van der Waals surface area contributed by atoms with Gasteiger partial charge in [-0.1, -0.05) is 63.3 Å². The van der Waals surface area contributed by atoms with Gasteiger partial charge in [-0.25, -0.2) is 0 Å². The maximum Gasteiger partial charge on any atom is 0.00131 e. The van der Waals surface area contributed by atoms with Crippen molar-refractivity contribution in [1.82, 2.24) is 0 Å². The standard InChI is InChI=1S/C14H24/c1-4-7-12-10-11-13(8-5-2)14(12)9-6-3/h10-11,14H,4-9H2,1-3H3. The molecule has 0 bridgehead atoms. The molecule has 0 aliphatic heterocycles. The van der Waals surface area contributed by atoms with Crippen LogP contribution in [0.25, 0.3) is 0 Å². The van der Waals surface area contributed by atoms with Crippen molar-refractivity contribution in [2.24, 2.45) is 5.92 Å². The lowest BCUT2D eigenvalue weighted by Gasteiger charge is -2.18. The van der Waals surface area contributed by atoms with Crippen molar-refractivity contribution in [3.63, 3.8) is 0 Å². The van der Waals surface area contributed by atoms with Crippen molar-refractivity contribution in [3.8, 4) is 0 Å². The Balaban J connectivity index is 2.57. The summed E-state index contributed by atoms with van der Waals surface area (Å²) >= 11 is 0. The van der Waals surface area contributed by atoms with Crippen LogP contribution in [0.3, 0.4) is 0 Å². The molecule has 0 radical (unpaired) electrons. The molecule has 14 heavy (non-hydrogen) atoms. The minimum absolute atomic E-state index is 0.805. The van der Waals surface area contributed by atoms with E-state index in [-0.39, 0.29) is 0 Å². The second-order valence-corrected chi connectivity index (χ2v) is 4.32. The molecule has 0 amide bonds. The predicted octanol–water partition coefficient (Wildman–Crippen LogP) is 4.87. The van der Waals surface area contributed by atoms with Crippen LogP contribution in [0.4, 0.5) is 0 Å². The lowest BCUT2D eigenvalue weighted by Crippen LogP contribution is -2.04. The van der Waals surface area contributed by atoms with Crippen LogP contribution < -0.4 is 0 Å². The summed E-state index contributed by atoms with van der Waals surface area (Å²) in [5.41, 5.74) is 3.38. The van der Waals surface area contributed by atoms with E-state index in [9.17, 15) is 0 Å². The molecule has 0 fully saturated rings. The zero-order valence-electron chi connectivity index (χ0n) is 9.97. The van der Waals surface area contributed by atoms with Gasteiger partial charge in [-0.05, 0) is 19.3 Å². The van der Waals surface area contributed by atoms with Crippen LogP contribution in [0.15, 0.2) is 23.3 Å². The molecule has 0 heteroatoms. The molecule has 0 saturated heterocycles. The summed E-state index contributed by atoms with van der Waals surface area (Å²) in [4.78, 5) is 0. The summed E-state index contributed by atoms with van der Waals surface area (Å²) in [7, 11) is 0. The van der Waals surface area contributed by atoms with Gasteiger partial charge < -0.3 is 0 Å². The highest BCUT2D eigenvalue weighted by Crippen LogP contribution is 2.35. The maximum absolute atomic E-state index is 2.38. The Hall–Kier alpha value is -0.520. The molecule has 0 nitrogen and oxygen atoms in total. The van der Waals surface area contributed by atoms with Gasteiger partial charge in [-0.2, -0.15) is 0 Å². The lowest BCUT2D eigenvalue weighted by atomic mass is 9.87. The van der Waals surface area contributed by atoms with Gasteiger partial charge in [0.1, 0.15) is 0 Å². The summed E-state index contributed by atoms with van der Waals surface area (Å²) < 4.78 is 0. The maximum atomic E-state index is 2.38. The summed E-state index contributed by atoms with van der Waals surface area (Å²) in [6, 6.07) is 0. The summed E-state index contributed by atoms with van der Waals surface area (Å²) in [6.45, 7) is 6.86. The third-order valence-corrected chi connectivity index (χ3v) is 3.06. The Labute approximate surface area is 89.1 Å². The third-order valence-electron chi connectivity index (χ3n) is 3.06. The first-order chi connectivity index (χ1) is 6.83. The van der Waals surface area contributed by atoms with Gasteiger partial charge in [-0.15, -0.1) is 0 Å². The topological polar surface area (TPSA) is 0 Å². The van der Waals surface area contributed by atoms with E-state index in [1.807, 2.05) is 0 Å². The molecular weight excluding hydrogens is 168 g/mol. The molecule has 1 aliphatic carbocycles. The van der Waals surface area contributed by atoms with Crippen LogP contribution >= 0.6 is 0 Å². The molecule has 0 aromatic rings. The Morgan fingerprint density at radius 1 is 0.857 bits per heavy atom. The van der Waals surface area contributed by atoms with Crippen molar-refractivity contribution in [2.45, 2.75) is 59.3 Å². The van der Waals surface area contributed by atoms with Crippen molar-refractivity contribution in [3.05, 3.63) is 23.3 Å². The molecule has 0 spiro atoms. The monoisotopic (exact) mass is 192 g/mol. The molecule has 0 aromatic heterocycles. The van der Waals surface area contributed by atoms with Gasteiger partial charge in [0, 0.05) is 5.92 Å². The van der Waals surface area contributed by atoms with Gasteiger partial charge in [0.15, 0.2) is 0 Å². The molecule has 0 N–H and O–H groups in total. The van der Waals surface area contributed by atoms with E-state index >= 15 is 0 Å². The SMILES string of the molecule is CCCC1=CC=C(CCC)C1CCC. The minimum atomic E-state index is 0.805. The molecule has 0 heterocycles. The zero-order valence-corrected chi connectivity index (χ0v) is 9.97. The molecule has 0 atom stereocenters. The largest absolute Gasteiger partial charge is 0.0653 e. The average molecular weight is 192 g/mol. The van der Waals surface area contributed by atoms with Crippen LogP contribution in [0.1, 0.15) is 59.3 Å². The van der Waals surface area contributed by atoms with Crippen LogP contribution in [-0.4, -0.2) is 0 Å². The second kappa shape index (κ2) is 6.06. The van der Waals surface area contributed by atoms with E-state index in [4.69, 9.17) is 0 Å². The fraction of sp³-hybridized carbons (Fsp3) is 0.714. The predicted molar refractivity (Wildman–Crippen MR) is 64.4 cm³/mol.